The summed E-state index contributed by atoms with van der Waals surface area (Å²) in [6, 6.07) is 2.98. The van der Waals surface area contributed by atoms with Crippen molar-refractivity contribution in [3.05, 3.63) is 39.4 Å². The zero-order chi connectivity index (χ0) is 31.7. The van der Waals surface area contributed by atoms with E-state index >= 15 is 0 Å². The number of hydrogen-bond acceptors (Lipinski definition) is 13. The second-order valence-electron chi connectivity index (χ2n) is 12.8. The van der Waals surface area contributed by atoms with Crippen LogP contribution in [0.25, 0.3) is 0 Å². The molecule has 2 aromatic rings. The number of aryl methyl sites for hydroxylation is 1. The Kier molecular flexibility index (Phi) is 5.87. The molecule has 0 amide bonds. The summed E-state index contributed by atoms with van der Waals surface area (Å²) in [5.74, 6) is -0.775. The zero-order valence-electron chi connectivity index (χ0n) is 25.4. The molecule has 3 saturated heterocycles. The highest BCUT2D eigenvalue weighted by Crippen LogP contribution is 2.71. The Morgan fingerprint density at radius 1 is 1.16 bits per heavy atom. The Morgan fingerprint density at radius 3 is 2.62 bits per heavy atom. The highest BCUT2D eigenvalue weighted by molar-refractivity contribution is 8.00. The molecule has 0 spiro atoms. The molecule has 45 heavy (non-hydrogen) atoms. The van der Waals surface area contributed by atoms with Gasteiger partial charge < -0.3 is 28.8 Å². The van der Waals surface area contributed by atoms with Crippen molar-refractivity contribution in [2.45, 2.75) is 68.6 Å². The van der Waals surface area contributed by atoms with E-state index in [2.05, 4.69) is 22.8 Å². The van der Waals surface area contributed by atoms with E-state index in [0.717, 1.165) is 11.1 Å². The van der Waals surface area contributed by atoms with E-state index in [1.165, 1.54) is 25.8 Å². The highest BCUT2D eigenvalue weighted by atomic mass is 32.2. The van der Waals surface area contributed by atoms with Crippen molar-refractivity contribution in [3.63, 3.8) is 0 Å². The van der Waals surface area contributed by atoms with E-state index in [-0.39, 0.29) is 24.9 Å². The Labute approximate surface area is 263 Å². The molecule has 4 unspecified atom stereocenters. The van der Waals surface area contributed by atoms with Crippen LogP contribution in [-0.4, -0.2) is 77.0 Å². The number of phenolic OH excluding ortho intramolecular Hbond substituents is 1. The van der Waals surface area contributed by atoms with E-state index in [9.17, 15) is 24.8 Å². The van der Waals surface area contributed by atoms with Gasteiger partial charge >= 0.3 is 11.9 Å². The first-order valence-corrected chi connectivity index (χ1v) is 15.9. The summed E-state index contributed by atoms with van der Waals surface area (Å²) in [7, 11) is 1.52. The molecule has 4 bridgehead atoms. The Morgan fingerprint density at radius 2 is 1.91 bits per heavy atom. The van der Waals surface area contributed by atoms with Gasteiger partial charge in [-0.05, 0) is 38.0 Å². The van der Waals surface area contributed by atoms with Gasteiger partial charge in [0.05, 0.1) is 36.3 Å². The fourth-order valence-corrected chi connectivity index (χ4v) is 10.3. The van der Waals surface area contributed by atoms with Crippen LogP contribution in [0.3, 0.4) is 0 Å². The SMILES string of the molecule is COc1c(C)cc2c(c1O)C1C3[C@@H]4SCC(=O)C(=O)OC[C@@H](c5c6c(c(C)c(OC(C)=O)c54)OCO6)N3C3(C#N)CN1C2(C)C3. The molecule has 3 fully saturated rings. The second-order valence-corrected chi connectivity index (χ2v) is 13.9. The first kappa shape index (κ1) is 28.5. The van der Waals surface area contributed by atoms with Gasteiger partial charge in [0.25, 0.3) is 0 Å². The van der Waals surface area contributed by atoms with Crippen LogP contribution in [0.1, 0.15) is 71.0 Å². The van der Waals surface area contributed by atoms with Gasteiger partial charge in [-0.15, -0.1) is 11.8 Å². The molecule has 0 aliphatic carbocycles. The zero-order valence-corrected chi connectivity index (χ0v) is 26.2. The minimum atomic E-state index is -1.04. The van der Waals surface area contributed by atoms with Crippen molar-refractivity contribution < 1.29 is 43.2 Å². The summed E-state index contributed by atoms with van der Waals surface area (Å²) in [6.45, 7) is 7.17. The van der Waals surface area contributed by atoms with E-state index in [0.29, 0.717) is 58.2 Å². The lowest BCUT2D eigenvalue weighted by Crippen LogP contribution is -2.66. The monoisotopic (exact) mass is 633 g/mol. The number of ketones is 1. The summed E-state index contributed by atoms with van der Waals surface area (Å²) < 4.78 is 29.2. The molecule has 8 rings (SSSR count). The number of cyclic esters (lactones) is 1. The first-order chi connectivity index (χ1) is 21.5. The number of piperazine rings is 1. The second kappa shape index (κ2) is 9.28. The first-order valence-electron chi connectivity index (χ1n) is 14.8. The van der Waals surface area contributed by atoms with Crippen molar-refractivity contribution in [1.82, 2.24) is 9.80 Å². The molecular weight excluding hydrogens is 602 g/mol. The van der Waals surface area contributed by atoms with Crippen molar-refractivity contribution in [1.29, 1.82) is 5.26 Å². The van der Waals surface area contributed by atoms with Crippen LogP contribution < -0.4 is 18.9 Å². The van der Waals surface area contributed by atoms with Crippen LogP contribution in [0.15, 0.2) is 6.07 Å². The van der Waals surface area contributed by atoms with Crippen molar-refractivity contribution in [2.24, 2.45) is 0 Å². The van der Waals surface area contributed by atoms with E-state index in [1.807, 2.05) is 13.0 Å². The number of fused-ring (bicyclic) bond motifs is 9. The van der Waals surface area contributed by atoms with Gasteiger partial charge in [-0.2, -0.15) is 5.26 Å². The summed E-state index contributed by atoms with van der Waals surface area (Å²) in [4.78, 5) is 42.8. The Hall–Kier alpha value is -3.99. The molecule has 13 heteroatoms. The molecule has 1 N–H and O–H groups in total. The molecule has 0 aromatic heterocycles. The fraction of sp³-hybridized carbons (Fsp3) is 0.500. The number of phenols is 1. The quantitative estimate of drug-likeness (QED) is 0.293. The third-order valence-corrected chi connectivity index (χ3v) is 11.8. The van der Waals surface area contributed by atoms with Crippen molar-refractivity contribution in [3.8, 4) is 34.8 Å². The van der Waals surface area contributed by atoms with E-state index in [4.69, 9.17) is 23.7 Å². The molecule has 6 aliphatic heterocycles. The molecule has 12 nitrogen and oxygen atoms in total. The molecule has 6 atom stereocenters. The van der Waals surface area contributed by atoms with E-state index in [1.54, 1.807) is 6.92 Å². The number of aromatic hydroxyl groups is 1. The number of Topliss-reactive ketones (excluding diaryl/α,β-unsaturated/α-hetero) is 1. The van der Waals surface area contributed by atoms with Gasteiger partial charge in [0.1, 0.15) is 17.9 Å². The topological polar surface area (TPSA) is 148 Å². The predicted molar refractivity (Wildman–Crippen MR) is 157 cm³/mol. The van der Waals surface area contributed by atoms with Crippen LogP contribution in [0.5, 0.6) is 28.7 Å². The maximum atomic E-state index is 13.0. The number of rotatable bonds is 2. The molecule has 0 saturated carbocycles. The average Bonchev–Trinajstić information content (AvgIpc) is 3.65. The van der Waals surface area contributed by atoms with Crippen LogP contribution in [-0.2, 0) is 24.7 Å². The number of nitrogens with zero attached hydrogens (tertiary/aromatic N) is 3. The van der Waals surface area contributed by atoms with Gasteiger partial charge in [-0.1, -0.05) is 0 Å². The number of thioether (sulfide) groups is 1. The largest absolute Gasteiger partial charge is 0.504 e. The van der Waals surface area contributed by atoms with Crippen LogP contribution in [0.2, 0.25) is 0 Å². The Bertz CT molecular complexity index is 1810. The Balaban J connectivity index is 1.48. The van der Waals surface area contributed by atoms with Crippen LogP contribution >= 0.6 is 11.8 Å². The normalized spacial score (nSPS) is 32.4. The lowest BCUT2D eigenvalue weighted by atomic mass is 9.72. The van der Waals surface area contributed by atoms with Crippen LogP contribution in [0, 0.1) is 25.2 Å². The third kappa shape index (κ3) is 3.42. The molecule has 234 valence electrons. The number of benzene rings is 2. The lowest BCUT2D eigenvalue weighted by Gasteiger charge is -2.58. The molecule has 2 aromatic carbocycles. The van der Waals surface area contributed by atoms with Crippen molar-refractivity contribution in [2.75, 3.05) is 32.8 Å². The van der Waals surface area contributed by atoms with E-state index < -0.39 is 52.2 Å². The standard InChI is InChI=1S/C32H31N3O9S/c1-13-6-16-19(24(38)25(13)40-5)22-23-29-21-20(28-27(42-12-43-28)14(2)26(21)44-15(3)36)17(7-41-30(39)18(37)8-45-29)35(23)32(10-33)9-31(16,4)34(22)11-32/h6,17,22-23,29,38H,7-9,11-12H2,1-5H3/t17-,22?,23?,29+,31?,32?/m0/s1. The molecule has 0 radical (unpaired) electrons. The maximum Gasteiger partial charge on any atom is 0.375 e. The summed E-state index contributed by atoms with van der Waals surface area (Å²) in [6.07, 6.45) is 0.417. The highest BCUT2D eigenvalue weighted by Gasteiger charge is 2.72. The third-order valence-electron chi connectivity index (χ3n) is 10.5. The number of hydrogen-bond donors (Lipinski definition) is 1. The molecule has 6 heterocycles. The molecule has 6 aliphatic rings. The van der Waals surface area contributed by atoms with Crippen LogP contribution in [0.4, 0.5) is 0 Å². The van der Waals surface area contributed by atoms with Crippen molar-refractivity contribution >= 4 is 29.5 Å². The smallest absolute Gasteiger partial charge is 0.375 e. The number of esters is 2. The summed E-state index contributed by atoms with van der Waals surface area (Å²) >= 11 is 1.24. The minimum Gasteiger partial charge on any atom is -0.504 e. The van der Waals surface area contributed by atoms with Gasteiger partial charge in [-0.3, -0.25) is 19.4 Å². The summed E-state index contributed by atoms with van der Waals surface area (Å²) in [5, 5.41) is 22.3. The summed E-state index contributed by atoms with van der Waals surface area (Å²) in [5.41, 5.74) is 2.60. The number of nitriles is 1. The maximum absolute atomic E-state index is 13.0. The fourth-order valence-electron chi connectivity index (χ4n) is 9.02. The lowest BCUT2D eigenvalue weighted by molar-refractivity contribution is -0.156. The average molecular weight is 634 g/mol. The number of methoxy groups -OCH3 is 1. The number of carbonyl (C=O) groups is 3. The predicted octanol–water partition coefficient (Wildman–Crippen LogP) is 3.25. The minimum absolute atomic E-state index is 0.0419. The molecular formula is C32H31N3O9S. The number of carbonyl (C=O) groups excluding carboxylic acids is 3. The van der Waals surface area contributed by atoms with Gasteiger partial charge in [0.15, 0.2) is 23.0 Å². The van der Waals surface area contributed by atoms with Gasteiger partial charge in [0.2, 0.25) is 12.6 Å². The number of ether oxygens (including phenoxy) is 5. The van der Waals surface area contributed by atoms with Gasteiger partial charge in [-0.25, -0.2) is 4.79 Å². The van der Waals surface area contributed by atoms with Gasteiger partial charge in [0, 0.05) is 53.7 Å².